The summed E-state index contributed by atoms with van der Waals surface area (Å²) in [6, 6.07) is 4.71. The number of aliphatic hydroxyl groups excluding tert-OH is 1. The standard InChI is InChI=1S/C14H19FO2/c1-9-4-3-5-11(9)14(16)10-6-7-13(17-2)12(15)8-10/h6-9,11,14,16H,3-5H2,1-2H3. The van der Waals surface area contributed by atoms with Crippen LogP contribution in [0.4, 0.5) is 4.39 Å². The zero-order valence-electron chi connectivity index (χ0n) is 10.3. The second-order valence-corrected chi connectivity index (χ2v) is 4.91. The molecule has 1 fully saturated rings. The van der Waals surface area contributed by atoms with E-state index in [1.165, 1.54) is 13.2 Å². The Morgan fingerprint density at radius 1 is 1.41 bits per heavy atom. The first-order valence-corrected chi connectivity index (χ1v) is 6.15. The summed E-state index contributed by atoms with van der Waals surface area (Å²) in [6.45, 7) is 2.15. The van der Waals surface area contributed by atoms with Gasteiger partial charge in [-0.1, -0.05) is 25.8 Å². The number of hydrogen-bond donors (Lipinski definition) is 1. The molecule has 94 valence electrons. The van der Waals surface area contributed by atoms with E-state index in [2.05, 4.69) is 6.92 Å². The molecule has 1 saturated carbocycles. The zero-order chi connectivity index (χ0) is 12.4. The summed E-state index contributed by atoms with van der Waals surface area (Å²) in [5.74, 6) is 0.577. The number of hydrogen-bond acceptors (Lipinski definition) is 2. The summed E-state index contributed by atoms with van der Waals surface area (Å²) in [5, 5.41) is 10.3. The number of methoxy groups -OCH3 is 1. The van der Waals surface area contributed by atoms with E-state index in [0.717, 1.165) is 19.3 Å². The van der Waals surface area contributed by atoms with E-state index < -0.39 is 11.9 Å². The van der Waals surface area contributed by atoms with Crippen LogP contribution >= 0.6 is 0 Å². The van der Waals surface area contributed by atoms with Crippen molar-refractivity contribution in [3.05, 3.63) is 29.6 Å². The van der Waals surface area contributed by atoms with Gasteiger partial charge in [0, 0.05) is 0 Å². The predicted molar refractivity (Wildman–Crippen MR) is 64.4 cm³/mol. The van der Waals surface area contributed by atoms with E-state index in [0.29, 0.717) is 11.5 Å². The molecule has 17 heavy (non-hydrogen) atoms. The summed E-state index contributed by atoms with van der Waals surface area (Å²) >= 11 is 0. The van der Waals surface area contributed by atoms with Gasteiger partial charge in [-0.2, -0.15) is 0 Å². The van der Waals surface area contributed by atoms with E-state index in [4.69, 9.17) is 4.74 Å². The van der Waals surface area contributed by atoms with Crippen LogP contribution in [0.2, 0.25) is 0 Å². The van der Waals surface area contributed by atoms with Crippen LogP contribution in [0.1, 0.15) is 37.9 Å². The van der Waals surface area contributed by atoms with Gasteiger partial charge < -0.3 is 9.84 Å². The van der Waals surface area contributed by atoms with Crippen LogP contribution in [0.3, 0.4) is 0 Å². The summed E-state index contributed by atoms with van der Waals surface area (Å²) < 4.78 is 18.4. The van der Waals surface area contributed by atoms with Gasteiger partial charge in [0.25, 0.3) is 0 Å². The normalized spacial score (nSPS) is 25.9. The van der Waals surface area contributed by atoms with E-state index >= 15 is 0 Å². The van der Waals surface area contributed by atoms with Gasteiger partial charge in [-0.05, 0) is 36.0 Å². The molecule has 0 spiro atoms. The van der Waals surface area contributed by atoms with E-state index in [1.54, 1.807) is 12.1 Å². The Balaban J connectivity index is 2.19. The highest BCUT2D eigenvalue weighted by molar-refractivity contribution is 5.30. The third kappa shape index (κ3) is 2.44. The summed E-state index contributed by atoms with van der Waals surface area (Å²) in [4.78, 5) is 0. The first-order valence-electron chi connectivity index (χ1n) is 6.15. The minimum absolute atomic E-state index is 0.223. The lowest BCUT2D eigenvalue weighted by molar-refractivity contribution is 0.0897. The van der Waals surface area contributed by atoms with Crippen molar-refractivity contribution >= 4 is 0 Å². The fourth-order valence-corrected chi connectivity index (χ4v) is 2.76. The topological polar surface area (TPSA) is 29.5 Å². The highest BCUT2D eigenvalue weighted by Crippen LogP contribution is 2.40. The molecule has 3 heteroatoms. The fraction of sp³-hybridized carbons (Fsp3) is 0.571. The van der Waals surface area contributed by atoms with Crippen LogP contribution in [-0.2, 0) is 0 Å². The molecule has 0 saturated heterocycles. The molecule has 0 bridgehead atoms. The molecule has 0 aromatic heterocycles. The molecule has 0 amide bonds. The molecular weight excluding hydrogens is 219 g/mol. The van der Waals surface area contributed by atoms with Gasteiger partial charge in [-0.25, -0.2) is 4.39 Å². The van der Waals surface area contributed by atoms with Gasteiger partial charge in [0.1, 0.15) is 0 Å². The highest BCUT2D eigenvalue weighted by atomic mass is 19.1. The van der Waals surface area contributed by atoms with Crippen LogP contribution in [0.25, 0.3) is 0 Å². The lowest BCUT2D eigenvalue weighted by atomic mass is 9.88. The largest absolute Gasteiger partial charge is 0.494 e. The van der Waals surface area contributed by atoms with E-state index in [1.807, 2.05) is 0 Å². The monoisotopic (exact) mass is 238 g/mol. The molecule has 1 aliphatic carbocycles. The Morgan fingerprint density at radius 2 is 2.18 bits per heavy atom. The Kier molecular flexibility index (Phi) is 3.67. The molecule has 1 aromatic carbocycles. The maximum absolute atomic E-state index is 13.6. The van der Waals surface area contributed by atoms with E-state index in [-0.39, 0.29) is 11.7 Å². The highest BCUT2D eigenvalue weighted by Gasteiger charge is 2.30. The molecular formula is C14H19FO2. The lowest BCUT2D eigenvalue weighted by Gasteiger charge is -2.22. The minimum atomic E-state index is -0.562. The first-order chi connectivity index (χ1) is 8.13. The number of benzene rings is 1. The maximum Gasteiger partial charge on any atom is 0.165 e. The Bertz CT molecular complexity index is 392. The Hall–Kier alpha value is -1.09. The second-order valence-electron chi connectivity index (χ2n) is 4.91. The number of rotatable bonds is 3. The number of aliphatic hydroxyl groups is 1. The Morgan fingerprint density at radius 3 is 2.71 bits per heavy atom. The summed E-state index contributed by atoms with van der Waals surface area (Å²) in [5.41, 5.74) is 0.655. The van der Waals surface area contributed by atoms with E-state index in [9.17, 15) is 9.50 Å². The quantitative estimate of drug-likeness (QED) is 0.875. The first kappa shape index (κ1) is 12.4. The van der Waals surface area contributed by atoms with Gasteiger partial charge in [-0.15, -0.1) is 0 Å². The third-order valence-corrected chi connectivity index (χ3v) is 3.85. The average Bonchev–Trinajstić information content (AvgIpc) is 2.74. The molecule has 1 N–H and O–H groups in total. The van der Waals surface area contributed by atoms with Crippen LogP contribution in [0, 0.1) is 17.7 Å². The lowest BCUT2D eigenvalue weighted by Crippen LogP contribution is -2.15. The number of halogens is 1. The zero-order valence-corrected chi connectivity index (χ0v) is 10.3. The van der Waals surface area contributed by atoms with Gasteiger partial charge in [0.05, 0.1) is 13.2 Å². The van der Waals surface area contributed by atoms with Crippen LogP contribution < -0.4 is 4.74 Å². The van der Waals surface area contributed by atoms with Gasteiger partial charge in [0.2, 0.25) is 0 Å². The molecule has 2 nitrogen and oxygen atoms in total. The molecule has 2 rings (SSSR count). The summed E-state index contributed by atoms with van der Waals surface area (Å²) in [6.07, 6.45) is 2.77. The maximum atomic E-state index is 13.6. The van der Waals surface area contributed by atoms with Crippen LogP contribution in [0.5, 0.6) is 5.75 Å². The van der Waals surface area contributed by atoms with Crippen molar-refractivity contribution in [1.82, 2.24) is 0 Å². The molecule has 3 atom stereocenters. The molecule has 3 unspecified atom stereocenters. The fourth-order valence-electron chi connectivity index (χ4n) is 2.76. The molecule has 0 radical (unpaired) electrons. The van der Waals surface area contributed by atoms with Crippen molar-refractivity contribution < 1.29 is 14.2 Å². The van der Waals surface area contributed by atoms with Crippen LogP contribution in [0.15, 0.2) is 18.2 Å². The molecule has 1 aromatic rings. The van der Waals surface area contributed by atoms with Crippen molar-refractivity contribution in [2.45, 2.75) is 32.3 Å². The number of ether oxygens (including phenoxy) is 1. The van der Waals surface area contributed by atoms with Crippen molar-refractivity contribution in [3.63, 3.8) is 0 Å². The van der Waals surface area contributed by atoms with Crippen molar-refractivity contribution in [2.75, 3.05) is 7.11 Å². The second kappa shape index (κ2) is 5.05. The third-order valence-electron chi connectivity index (χ3n) is 3.85. The SMILES string of the molecule is COc1ccc(C(O)C2CCCC2C)cc1F. The minimum Gasteiger partial charge on any atom is -0.494 e. The van der Waals surface area contributed by atoms with Crippen molar-refractivity contribution in [2.24, 2.45) is 11.8 Å². The van der Waals surface area contributed by atoms with Gasteiger partial charge in [0.15, 0.2) is 11.6 Å². The smallest absolute Gasteiger partial charge is 0.165 e. The molecule has 0 aliphatic heterocycles. The van der Waals surface area contributed by atoms with Crippen LogP contribution in [-0.4, -0.2) is 12.2 Å². The predicted octanol–water partition coefficient (Wildman–Crippen LogP) is 3.30. The average molecular weight is 238 g/mol. The van der Waals surface area contributed by atoms with Gasteiger partial charge in [-0.3, -0.25) is 0 Å². The summed E-state index contributed by atoms with van der Waals surface area (Å²) in [7, 11) is 1.44. The molecule has 0 heterocycles. The Labute approximate surface area is 101 Å². The van der Waals surface area contributed by atoms with Gasteiger partial charge >= 0.3 is 0 Å². The van der Waals surface area contributed by atoms with Crippen molar-refractivity contribution in [1.29, 1.82) is 0 Å². The van der Waals surface area contributed by atoms with Crippen molar-refractivity contribution in [3.8, 4) is 5.75 Å². The molecule has 1 aliphatic rings.